The summed E-state index contributed by atoms with van der Waals surface area (Å²) in [5.74, 6) is -0.610. The van der Waals surface area contributed by atoms with E-state index in [9.17, 15) is 9.59 Å². The number of amides is 2. The van der Waals surface area contributed by atoms with E-state index < -0.39 is 0 Å². The van der Waals surface area contributed by atoms with Crippen molar-refractivity contribution in [2.24, 2.45) is 0 Å². The van der Waals surface area contributed by atoms with Crippen LogP contribution in [0.5, 0.6) is 0 Å². The molecular formula is C22H22N4O2S. The molecule has 0 saturated heterocycles. The van der Waals surface area contributed by atoms with Crippen molar-refractivity contribution < 1.29 is 9.59 Å². The third kappa shape index (κ3) is 6.29. The summed E-state index contributed by atoms with van der Waals surface area (Å²) < 4.78 is 0. The Bertz CT molecular complexity index is 1000. The molecule has 29 heavy (non-hydrogen) atoms. The maximum Gasteiger partial charge on any atom is 0.257 e. The highest BCUT2D eigenvalue weighted by Crippen LogP contribution is 2.18. The second-order valence-corrected chi connectivity index (χ2v) is 6.84. The number of carbonyl (C=O) groups excluding carboxylic acids is 2. The fourth-order valence-corrected chi connectivity index (χ4v) is 2.98. The quantitative estimate of drug-likeness (QED) is 0.373. The number of nitrogens with one attached hydrogen (secondary N) is 4. The summed E-state index contributed by atoms with van der Waals surface area (Å²) in [6, 6.07) is 23.5. The zero-order valence-electron chi connectivity index (χ0n) is 15.8. The fraction of sp³-hybridized carbons (Fsp3) is 0.136. The summed E-state index contributed by atoms with van der Waals surface area (Å²) in [6.45, 7) is 0.405. The molecule has 0 heterocycles. The van der Waals surface area contributed by atoms with Gasteiger partial charge >= 0.3 is 0 Å². The van der Waals surface area contributed by atoms with E-state index in [1.807, 2.05) is 72.8 Å². The van der Waals surface area contributed by atoms with Crippen LogP contribution in [0.3, 0.4) is 0 Å². The standard InChI is InChI=1S/C22H22N4O2S/c27-20(13-18-11-6-10-17-9-4-5-12-19(17)18)23-15-21(28)25-26-22(29)24-14-16-7-2-1-3-8-16/h1-12H,13-15H2,(H,23,27)(H,25,28)(H2,24,26,29). The van der Waals surface area contributed by atoms with E-state index in [2.05, 4.69) is 21.5 Å². The smallest absolute Gasteiger partial charge is 0.257 e. The van der Waals surface area contributed by atoms with Crippen molar-refractivity contribution in [3.05, 3.63) is 83.9 Å². The molecule has 148 valence electrons. The van der Waals surface area contributed by atoms with Crippen LogP contribution in [0.25, 0.3) is 10.8 Å². The summed E-state index contributed by atoms with van der Waals surface area (Å²) >= 11 is 5.11. The van der Waals surface area contributed by atoms with Gasteiger partial charge in [0.05, 0.1) is 13.0 Å². The van der Waals surface area contributed by atoms with Crippen LogP contribution in [0.15, 0.2) is 72.8 Å². The lowest BCUT2D eigenvalue weighted by atomic mass is 10.0. The Morgan fingerprint density at radius 2 is 1.48 bits per heavy atom. The first-order chi connectivity index (χ1) is 14.1. The summed E-state index contributed by atoms with van der Waals surface area (Å²) in [6.07, 6.45) is 0.207. The minimum absolute atomic E-state index is 0.141. The van der Waals surface area contributed by atoms with Crippen molar-refractivity contribution in [3.8, 4) is 0 Å². The third-order valence-corrected chi connectivity index (χ3v) is 4.53. The molecule has 0 aliphatic carbocycles. The lowest BCUT2D eigenvalue weighted by Gasteiger charge is -2.12. The van der Waals surface area contributed by atoms with E-state index in [0.717, 1.165) is 21.9 Å². The molecule has 0 bridgehead atoms. The predicted octanol–water partition coefficient (Wildman–Crippen LogP) is 2.19. The SMILES string of the molecule is O=C(Cc1cccc2ccccc12)NCC(=O)NNC(=S)NCc1ccccc1. The van der Waals surface area contributed by atoms with Gasteiger partial charge in [-0.1, -0.05) is 72.8 Å². The van der Waals surface area contributed by atoms with Gasteiger partial charge in [-0.3, -0.25) is 20.4 Å². The lowest BCUT2D eigenvalue weighted by Crippen LogP contribution is -2.49. The maximum absolute atomic E-state index is 12.2. The summed E-state index contributed by atoms with van der Waals surface area (Å²) in [5, 5.41) is 8.02. The van der Waals surface area contributed by atoms with Crippen molar-refractivity contribution in [1.82, 2.24) is 21.5 Å². The largest absolute Gasteiger partial charge is 0.357 e. The van der Waals surface area contributed by atoms with Gasteiger partial charge in [-0.2, -0.15) is 0 Å². The summed E-state index contributed by atoms with van der Waals surface area (Å²) in [5.41, 5.74) is 7.07. The van der Waals surface area contributed by atoms with Gasteiger partial charge in [-0.25, -0.2) is 0 Å². The third-order valence-electron chi connectivity index (χ3n) is 4.29. The Balaban J connectivity index is 1.38. The first-order valence-corrected chi connectivity index (χ1v) is 9.62. The molecular weight excluding hydrogens is 384 g/mol. The highest BCUT2D eigenvalue weighted by molar-refractivity contribution is 7.80. The number of carbonyl (C=O) groups is 2. The molecule has 2 amide bonds. The number of hydrazine groups is 1. The second kappa shape index (κ2) is 10.2. The van der Waals surface area contributed by atoms with Crippen molar-refractivity contribution in [2.45, 2.75) is 13.0 Å². The van der Waals surface area contributed by atoms with E-state index in [1.54, 1.807) is 0 Å². The number of rotatable bonds is 6. The fourth-order valence-electron chi connectivity index (χ4n) is 2.85. The van der Waals surface area contributed by atoms with Gasteiger partial charge in [-0.15, -0.1) is 0 Å². The van der Waals surface area contributed by atoms with Crippen LogP contribution in [-0.4, -0.2) is 23.5 Å². The Morgan fingerprint density at radius 3 is 2.31 bits per heavy atom. The minimum Gasteiger partial charge on any atom is -0.357 e. The molecule has 0 aliphatic heterocycles. The number of hydrogen-bond donors (Lipinski definition) is 4. The zero-order chi connectivity index (χ0) is 20.5. The molecule has 6 nitrogen and oxygen atoms in total. The first-order valence-electron chi connectivity index (χ1n) is 9.22. The number of benzene rings is 3. The van der Waals surface area contributed by atoms with Crippen LogP contribution >= 0.6 is 12.2 Å². The molecule has 0 aliphatic rings. The summed E-state index contributed by atoms with van der Waals surface area (Å²) in [4.78, 5) is 24.1. The molecule has 3 rings (SSSR count). The van der Waals surface area contributed by atoms with Crippen molar-refractivity contribution in [1.29, 1.82) is 0 Å². The molecule has 0 saturated carbocycles. The maximum atomic E-state index is 12.2. The van der Waals surface area contributed by atoms with Crippen molar-refractivity contribution in [2.75, 3.05) is 6.54 Å². The lowest BCUT2D eigenvalue weighted by molar-refractivity contribution is -0.126. The minimum atomic E-state index is -0.389. The van der Waals surface area contributed by atoms with Crippen LogP contribution in [-0.2, 0) is 22.6 Å². The zero-order valence-corrected chi connectivity index (χ0v) is 16.6. The van der Waals surface area contributed by atoms with Gasteiger partial charge < -0.3 is 10.6 Å². The predicted molar refractivity (Wildman–Crippen MR) is 118 cm³/mol. The van der Waals surface area contributed by atoms with E-state index in [4.69, 9.17) is 12.2 Å². The topological polar surface area (TPSA) is 82.3 Å². The highest BCUT2D eigenvalue weighted by atomic mass is 32.1. The number of thiocarbonyl (C=S) groups is 1. The average molecular weight is 407 g/mol. The van der Waals surface area contributed by atoms with Gasteiger partial charge in [0.1, 0.15) is 0 Å². The highest BCUT2D eigenvalue weighted by Gasteiger charge is 2.09. The molecule has 0 fully saturated rings. The molecule has 7 heteroatoms. The van der Waals surface area contributed by atoms with E-state index in [0.29, 0.717) is 11.7 Å². The van der Waals surface area contributed by atoms with Crippen molar-refractivity contribution in [3.63, 3.8) is 0 Å². The molecule has 0 radical (unpaired) electrons. The number of hydrogen-bond acceptors (Lipinski definition) is 3. The molecule has 4 N–H and O–H groups in total. The Labute approximate surface area is 174 Å². The first kappa shape index (κ1) is 20.3. The Hall–Kier alpha value is -3.45. The van der Waals surface area contributed by atoms with Crippen LogP contribution in [0.2, 0.25) is 0 Å². The normalized spacial score (nSPS) is 10.2. The van der Waals surface area contributed by atoms with Crippen molar-refractivity contribution >= 4 is 39.9 Å². The molecule has 0 aromatic heterocycles. The molecule has 0 atom stereocenters. The van der Waals surface area contributed by atoms with Gasteiger partial charge in [0.25, 0.3) is 5.91 Å². The van der Waals surface area contributed by atoms with Gasteiger partial charge in [-0.05, 0) is 34.1 Å². The Morgan fingerprint density at radius 1 is 0.759 bits per heavy atom. The Kier molecular flexibility index (Phi) is 7.13. The van der Waals surface area contributed by atoms with Crippen LogP contribution < -0.4 is 21.5 Å². The van der Waals surface area contributed by atoms with Gasteiger partial charge in [0, 0.05) is 6.54 Å². The molecule has 0 unspecified atom stereocenters. The van der Waals surface area contributed by atoms with E-state index in [-0.39, 0.29) is 24.8 Å². The van der Waals surface area contributed by atoms with Crippen LogP contribution in [0, 0.1) is 0 Å². The average Bonchev–Trinajstić information content (AvgIpc) is 2.76. The summed E-state index contributed by atoms with van der Waals surface area (Å²) in [7, 11) is 0. The number of fused-ring (bicyclic) bond motifs is 1. The van der Waals surface area contributed by atoms with Gasteiger partial charge in [0.2, 0.25) is 5.91 Å². The van der Waals surface area contributed by atoms with Crippen LogP contribution in [0.1, 0.15) is 11.1 Å². The van der Waals surface area contributed by atoms with Crippen LogP contribution in [0.4, 0.5) is 0 Å². The second-order valence-electron chi connectivity index (χ2n) is 6.43. The molecule has 3 aromatic rings. The van der Waals surface area contributed by atoms with E-state index >= 15 is 0 Å². The molecule has 0 spiro atoms. The van der Waals surface area contributed by atoms with Gasteiger partial charge in [0.15, 0.2) is 5.11 Å². The molecule has 3 aromatic carbocycles. The van der Waals surface area contributed by atoms with E-state index in [1.165, 1.54) is 0 Å². The monoisotopic (exact) mass is 406 g/mol.